The van der Waals surface area contributed by atoms with E-state index in [0.29, 0.717) is 12.0 Å². The Morgan fingerprint density at radius 3 is 2.50 bits per heavy atom. The molecule has 0 fully saturated rings. The Morgan fingerprint density at radius 1 is 1.17 bits per heavy atom. The van der Waals surface area contributed by atoms with Crippen molar-refractivity contribution in [2.75, 3.05) is 13.1 Å². The van der Waals surface area contributed by atoms with Gasteiger partial charge >= 0.3 is 0 Å². The van der Waals surface area contributed by atoms with Crippen molar-refractivity contribution < 1.29 is 0 Å². The number of hydrogen-bond acceptors (Lipinski definition) is 2. The molecule has 102 valence electrons. The summed E-state index contributed by atoms with van der Waals surface area (Å²) in [7, 11) is 0. The van der Waals surface area contributed by atoms with Gasteiger partial charge in [0, 0.05) is 23.6 Å². The molecule has 1 aromatic rings. The predicted octanol–water partition coefficient (Wildman–Crippen LogP) is 3.48. The van der Waals surface area contributed by atoms with Crippen LogP contribution in [0, 0.1) is 12.8 Å². The summed E-state index contributed by atoms with van der Waals surface area (Å²) in [6, 6.07) is 7.00. The minimum absolute atomic E-state index is 0.493. The molecule has 1 aromatic carbocycles. The summed E-state index contributed by atoms with van der Waals surface area (Å²) in [5.74, 6) is 0.714. The summed E-state index contributed by atoms with van der Waals surface area (Å²) in [5, 5.41) is 7.01. The van der Waals surface area contributed by atoms with E-state index < -0.39 is 0 Å². The highest BCUT2D eigenvalue weighted by Gasteiger charge is 2.03. The van der Waals surface area contributed by atoms with Crippen molar-refractivity contribution in [3.63, 3.8) is 0 Å². The fourth-order valence-corrected chi connectivity index (χ4v) is 2.02. The lowest BCUT2D eigenvalue weighted by Crippen LogP contribution is -2.37. The zero-order valence-electron chi connectivity index (χ0n) is 11.9. The maximum atomic E-state index is 3.54. The molecule has 0 bridgehead atoms. The number of halogens is 1. The molecule has 0 amide bonds. The second-order valence-corrected chi connectivity index (χ2v) is 6.27. The highest BCUT2D eigenvalue weighted by Crippen LogP contribution is 2.16. The van der Waals surface area contributed by atoms with Crippen LogP contribution in [-0.4, -0.2) is 19.1 Å². The van der Waals surface area contributed by atoms with Crippen molar-refractivity contribution in [3.05, 3.63) is 33.8 Å². The molecule has 0 saturated carbocycles. The first-order valence-electron chi connectivity index (χ1n) is 6.68. The van der Waals surface area contributed by atoms with Crippen LogP contribution in [0.4, 0.5) is 0 Å². The van der Waals surface area contributed by atoms with E-state index in [9.17, 15) is 0 Å². The first-order valence-corrected chi connectivity index (χ1v) is 7.47. The quantitative estimate of drug-likeness (QED) is 0.805. The molecular formula is C15H25BrN2. The van der Waals surface area contributed by atoms with Crippen LogP contribution in [0.25, 0.3) is 0 Å². The number of nitrogens with one attached hydrogen (secondary N) is 2. The van der Waals surface area contributed by atoms with Crippen LogP contribution in [0.3, 0.4) is 0 Å². The van der Waals surface area contributed by atoms with Crippen molar-refractivity contribution in [1.82, 2.24) is 10.6 Å². The van der Waals surface area contributed by atoms with Crippen molar-refractivity contribution in [2.24, 2.45) is 5.92 Å². The zero-order valence-corrected chi connectivity index (χ0v) is 13.5. The SMILES string of the molecule is Cc1cc(CNC(C)CNCC(C)C)ccc1Br. The summed E-state index contributed by atoms with van der Waals surface area (Å²) in [4.78, 5) is 0. The van der Waals surface area contributed by atoms with E-state index in [-0.39, 0.29) is 0 Å². The Kier molecular flexibility index (Phi) is 6.90. The summed E-state index contributed by atoms with van der Waals surface area (Å²) in [6.45, 7) is 11.8. The monoisotopic (exact) mass is 312 g/mol. The molecule has 1 unspecified atom stereocenters. The Morgan fingerprint density at radius 2 is 1.89 bits per heavy atom. The van der Waals surface area contributed by atoms with Gasteiger partial charge in [0.1, 0.15) is 0 Å². The minimum atomic E-state index is 0.493. The van der Waals surface area contributed by atoms with Gasteiger partial charge in [0.15, 0.2) is 0 Å². The van der Waals surface area contributed by atoms with E-state index in [1.165, 1.54) is 15.6 Å². The Bertz CT molecular complexity index is 364. The van der Waals surface area contributed by atoms with Crippen LogP contribution >= 0.6 is 15.9 Å². The van der Waals surface area contributed by atoms with Crippen molar-refractivity contribution in [1.29, 1.82) is 0 Å². The smallest absolute Gasteiger partial charge is 0.0208 e. The van der Waals surface area contributed by atoms with Gasteiger partial charge in [-0.25, -0.2) is 0 Å². The Balaban J connectivity index is 2.29. The molecule has 3 heteroatoms. The van der Waals surface area contributed by atoms with Crippen LogP contribution in [-0.2, 0) is 6.54 Å². The summed E-state index contributed by atoms with van der Waals surface area (Å²) in [6.07, 6.45) is 0. The van der Waals surface area contributed by atoms with E-state index in [1.54, 1.807) is 0 Å². The van der Waals surface area contributed by atoms with Crippen LogP contribution < -0.4 is 10.6 Å². The van der Waals surface area contributed by atoms with Crippen molar-refractivity contribution in [2.45, 2.75) is 40.3 Å². The molecule has 2 nitrogen and oxygen atoms in total. The third-order valence-corrected chi connectivity index (χ3v) is 3.77. The zero-order chi connectivity index (χ0) is 13.5. The Labute approximate surface area is 120 Å². The second-order valence-electron chi connectivity index (χ2n) is 5.42. The summed E-state index contributed by atoms with van der Waals surface area (Å²) in [5.41, 5.74) is 2.63. The van der Waals surface area contributed by atoms with Crippen LogP contribution in [0.15, 0.2) is 22.7 Å². The molecule has 0 aliphatic carbocycles. The molecule has 0 aromatic heterocycles. The van der Waals surface area contributed by atoms with E-state index in [0.717, 1.165) is 19.6 Å². The highest BCUT2D eigenvalue weighted by atomic mass is 79.9. The highest BCUT2D eigenvalue weighted by molar-refractivity contribution is 9.10. The molecular weight excluding hydrogens is 288 g/mol. The number of hydrogen-bond donors (Lipinski definition) is 2. The third-order valence-electron chi connectivity index (χ3n) is 2.88. The molecule has 0 saturated heterocycles. The lowest BCUT2D eigenvalue weighted by Gasteiger charge is -2.16. The lowest BCUT2D eigenvalue weighted by atomic mass is 10.1. The van der Waals surface area contributed by atoms with Gasteiger partial charge in [-0.15, -0.1) is 0 Å². The lowest BCUT2D eigenvalue weighted by molar-refractivity contribution is 0.472. The third kappa shape index (κ3) is 5.98. The second kappa shape index (κ2) is 7.93. The van der Waals surface area contributed by atoms with Gasteiger partial charge in [-0.1, -0.05) is 41.9 Å². The molecule has 0 spiro atoms. The van der Waals surface area contributed by atoms with Crippen molar-refractivity contribution in [3.8, 4) is 0 Å². The van der Waals surface area contributed by atoms with Crippen LogP contribution in [0.2, 0.25) is 0 Å². The largest absolute Gasteiger partial charge is 0.315 e. The van der Waals surface area contributed by atoms with E-state index in [4.69, 9.17) is 0 Å². The molecule has 0 aliphatic heterocycles. The molecule has 0 heterocycles. The fourth-order valence-electron chi connectivity index (χ4n) is 1.77. The van der Waals surface area contributed by atoms with E-state index >= 15 is 0 Å². The predicted molar refractivity (Wildman–Crippen MR) is 82.9 cm³/mol. The molecule has 2 N–H and O–H groups in total. The first kappa shape index (κ1) is 15.7. The molecule has 0 radical (unpaired) electrons. The minimum Gasteiger partial charge on any atom is -0.315 e. The molecule has 18 heavy (non-hydrogen) atoms. The van der Waals surface area contributed by atoms with Gasteiger partial charge < -0.3 is 10.6 Å². The van der Waals surface area contributed by atoms with E-state index in [1.807, 2.05) is 0 Å². The van der Waals surface area contributed by atoms with Gasteiger partial charge in [-0.2, -0.15) is 0 Å². The Hall–Kier alpha value is -0.380. The average molecular weight is 313 g/mol. The van der Waals surface area contributed by atoms with E-state index in [2.05, 4.69) is 72.5 Å². The molecule has 1 atom stereocenters. The molecule has 1 rings (SSSR count). The maximum absolute atomic E-state index is 3.54. The average Bonchev–Trinajstić information content (AvgIpc) is 2.30. The first-order chi connectivity index (χ1) is 8.49. The van der Waals surface area contributed by atoms with Gasteiger partial charge in [-0.3, -0.25) is 0 Å². The normalized spacial score (nSPS) is 13.0. The number of rotatable bonds is 7. The van der Waals surface area contributed by atoms with Gasteiger partial charge in [0.05, 0.1) is 0 Å². The fraction of sp³-hybridized carbons (Fsp3) is 0.600. The number of benzene rings is 1. The van der Waals surface area contributed by atoms with Gasteiger partial charge in [0.2, 0.25) is 0 Å². The van der Waals surface area contributed by atoms with Gasteiger partial charge in [0.25, 0.3) is 0 Å². The standard InChI is InChI=1S/C15H25BrN2/c1-11(2)8-17-9-13(4)18-10-14-5-6-15(16)12(3)7-14/h5-7,11,13,17-18H,8-10H2,1-4H3. The topological polar surface area (TPSA) is 24.1 Å². The van der Waals surface area contributed by atoms with Crippen LogP contribution in [0.1, 0.15) is 31.9 Å². The number of aryl methyl sites for hydroxylation is 1. The maximum Gasteiger partial charge on any atom is 0.0208 e. The van der Waals surface area contributed by atoms with Crippen molar-refractivity contribution >= 4 is 15.9 Å². The van der Waals surface area contributed by atoms with Crippen LogP contribution in [0.5, 0.6) is 0 Å². The summed E-state index contributed by atoms with van der Waals surface area (Å²) < 4.78 is 1.18. The van der Waals surface area contributed by atoms with Gasteiger partial charge in [-0.05, 0) is 43.5 Å². The summed E-state index contributed by atoms with van der Waals surface area (Å²) >= 11 is 3.53. The molecule has 0 aliphatic rings.